The number of fused-ring (bicyclic) bond motifs is 1. The number of nitrogens with two attached hydrogens (primary N) is 1. The topological polar surface area (TPSA) is 85.4 Å². The van der Waals surface area contributed by atoms with Crippen molar-refractivity contribution in [3.05, 3.63) is 29.1 Å². The van der Waals surface area contributed by atoms with E-state index in [-0.39, 0.29) is 12.3 Å². The van der Waals surface area contributed by atoms with Crippen LogP contribution < -0.4 is 5.73 Å². The van der Waals surface area contributed by atoms with Crippen molar-refractivity contribution in [2.75, 3.05) is 13.2 Å². The molecule has 0 amide bonds. The Kier molecular flexibility index (Phi) is 3.71. The van der Waals surface area contributed by atoms with Gasteiger partial charge in [-0.3, -0.25) is 9.78 Å². The molecule has 0 bridgehead atoms. The first-order chi connectivity index (χ1) is 8.22. The monoisotopic (exact) mass is 236 g/mol. The van der Waals surface area contributed by atoms with Crippen LogP contribution in [-0.4, -0.2) is 29.2 Å². The van der Waals surface area contributed by atoms with E-state index < -0.39 is 5.97 Å². The van der Waals surface area contributed by atoms with E-state index in [1.807, 2.05) is 0 Å². The molecule has 5 nitrogen and oxygen atoms in total. The molecule has 92 valence electrons. The van der Waals surface area contributed by atoms with Crippen LogP contribution in [-0.2, 0) is 22.6 Å². The molecule has 2 rings (SSSR count). The largest absolute Gasteiger partial charge is 0.481 e. The van der Waals surface area contributed by atoms with Gasteiger partial charge in [-0.1, -0.05) is 0 Å². The van der Waals surface area contributed by atoms with E-state index in [9.17, 15) is 4.79 Å². The minimum atomic E-state index is -0.829. The molecule has 3 N–H and O–H groups in total. The molecule has 5 heteroatoms. The summed E-state index contributed by atoms with van der Waals surface area (Å²) in [4.78, 5) is 15.0. The van der Waals surface area contributed by atoms with Gasteiger partial charge in [-0.2, -0.15) is 0 Å². The standard InChI is InChI=1S/C12H16N2O3/c13-4-8(3-12(15)16)11-6-14-5-9-7-17-2-1-10(9)11/h5-6,8H,1-4,7,13H2,(H,15,16). The molecule has 0 fully saturated rings. The molecule has 1 aliphatic rings. The summed E-state index contributed by atoms with van der Waals surface area (Å²) >= 11 is 0. The quantitative estimate of drug-likeness (QED) is 0.802. The minimum absolute atomic E-state index is 0.0511. The fourth-order valence-electron chi connectivity index (χ4n) is 2.22. The molecule has 1 aromatic heterocycles. The van der Waals surface area contributed by atoms with E-state index in [1.165, 1.54) is 5.56 Å². The lowest BCUT2D eigenvalue weighted by Gasteiger charge is -2.23. The SMILES string of the molecule is NCC(CC(=O)O)c1cncc2c1CCOC2. The predicted octanol–water partition coefficient (Wildman–Crippen LogP) is 0.671. The molecule has 0 aromatic carbocycles. The van der Waals surface area contributed by atoms with Crippen LogP contribution in [0.5, 0.6) is 0 Å². The molecule has 1 atom stereocenters. The zero-order valence-electron chi connectivity index (χ0n) is 9.56. The van der Waals surface area contributed by atoms with E-state index in [0.29, 0.717) is 19.8 Å². The van der Waals surface area contributed by atoms with Crippen LogP contribution in [0.15, 0.2) is 12.4 Å². The Morgan fingerprint density at radius 2 is 2.41 bits per heavy atom. The average Bonchev–Trinajstić information content (AvgIpc) is 2.35. The highest BCUT2D eigenvalue weighted by molar-refractivity contribution is 5.68. The molecule has 1 aliphatic heterocycles. The van der Waals surface area contributed by atoms with Crippen molar-refractivity contribution in [2.24, 2.45) is 5.73 Å². The number of carbonyl (C=O) groups is 1. The van der Waals surface area contributed by atoms with Gasteiger partial charge in [-0.15, -0.1) is 0 Å². The summed E-state index contributed by atoms with van der Waals surface area (Å²) in [5.41, 5.74) is 8.85. The second kappa shape index (κ2) is 5.25. The zero-order valence-corrected chi connectivity index (χ0v) is 9.56. The van der Waals surface area contributed by atoms with Gasteiger partial charge in [0.2, 0.25) is 0 Å². The number of pyridine rings is 1. The Morgan fingerprint density at radius 3 is 3.12 bits per heavy atom. The first kappa shape index (κ1) is 12.0. The van der Waals surface area contributed by atoms with E-state index >= 15 is 0 Å². The van der Waals surface area contributed by atoms with Crippen LogP contribution in [0.2, 0.25) is 0 Å². The minimum Gasteiger partial charge on any atom is -0.481 e. The lowest BCUT2D eigenvalue weighted by molar-refractivity contribution is -0.137. The van der Waals surface area contributed by atoms with Gasteiger partial charge in [0, 0.05) is 18.3 Å². The van der Waals surface area contributed by atoms with Gasteiger partial charge in [0.1, 0.15) is 0 Å². The van der Waals surface area contributed by atoms with Gasteiger partial charge in [0.25, 0.3) is 0 Å². The number of hydrogen-bond acceptors (Lipinski definition) is 4. The smallest absolute Gasteiger partial charge is 0.304 e. The van der Waals surface area contributed by atoms with Crippen LogP contribution in [0.4, 0.5) is 0 Å². The highest BCUT2D eigenvalue weighted by atomic mass is 16.5. The number of carboxylic acid groups (broad SMARTS) is 1. The van der Waals surface area contributed by atoms with Crippen LogP contribution in [0, 0.1) is 0 Å². The molecule has 0 aliphatic carbocycles. The van der Waals surface area contributed by atoms with Gasteiger partial charge in [-0.05, 0) is 29.7 Å². The second-order valence-corrected chi connectivity index (χ2v) is 4.20. The Hall–Kier alpha value is -1.46. The molecular formula is C12H16N2O3. The Bertz CT molecular complexity index is 420. The average molecular weight is 236 g/mol. The summed E-state index contributed by atoms with van der Waals surface area (Å²) in [7, 11) is 0. The third-order valence-electron chi connectivity index (χ3n) is 3.08. The van der Waals surface area contributed by atoms with Crippen molar-refractivity contribution < 1.29 is 14.6 Å². The Balaban J connectivity index is 2.32. The number of nitrogens with zero attached hydrogens (tertiary/aromatic N) is 1. The van der Waals surface area contributed by atoms with E-state index in [2.05, 4.69) is 4.98 Å². The molecular weight excluding hydrogens is 220 g/mol. The lowest BCUT2D eigenvalue weighted by atomic mass is 9.89. The number of aliphatic carboxylic acids is 1. The highest BCUT2D eigenvalue weighted by Gasteiger charge is 2.21. The van der Waals surface area contributed by atoms with Crippen LogP contribution >= 0.6 is 0 Å². The van der Waals surface area contributed by atoms with E-state index in [4.69, 9.17) is 15.6 Å². The molecule has 1 aromatic rings. The summed E-state index contributed by atoms with van der Waals surface area (Å²) in [6, 6.07) is 0. The molecule has 0 spiro atoms. The summed E-state index contributed by atoms with van der Waals surface area (Å²) in [5.74, 6) is -0.988. The number of rotatable bonds is 4. The molecule has 0 saturated heterocycles. The van der Waals surface area contributed by atoms with Crippen molar-refractivity contribution in [1.82, 2.24) is 4.98 Å². The lowest BCUT2D eigenvalue weighted by Crippen LogP contribution is -2.21. The maximum Gasteiger partial charge on any atom is 0.304 e. The Labute approximate surface area is 99.6 Å². The van der Waals surface area contributed by atoms with Crippen LogP contribution in [0.1, 0.15) is 29.0 Å². The summed E-state index contributed by atoms with van der Waals surface area (Å²) < 4.78 is 5.36. The van der Waals surface area contributed by atoms with Crippen molar-refractivity contribution in [2.45, 2.75) is 25.4 Å². The van der Waals surface area contributed by atoms with Gasteiger partial charge >= 0.3 is 5.97 Å². The number of ether oxygens (including phenoxy) is 1. The number of carboxylic acids is 1. The molecule has 0 saturated carbocycles. The molecule has 0 radical (unpaired) electrons. The van der Waals surface area contributed by atoms with Crippen LogP contribution in [0.25, 0.3) is 0 Å². The maximum atomic E-state index is 10.8. The molecule has 2 heterocycles. The van der Waals surface area contributed by atoms with Crippen molar-refractivity contribution in [1.29, 1.82) is 0 Å². The maximum absolute atomic E-state index is 10.8. The van der Waals surface area contributed by atoms with Gasteiger partial charge < -0.3 is 15.6 Å². The fourth-order valence-corrected chi connectivity index (χ4v) is 2.22. The summed E-state index contributed by atoms with van der Waals surface area (Å²) in [6.45, 7) is 1.56. The molecule has 17 heavy (non-hydrogen) atoms. The van der Waals surface area contributed by atoms with E-state index in [1.54, 1.807) is 12.4 Å². The second-order valence-electron chi connectivity index (χ2n) is 4.20. The van der Waals surface area contributed by atoms with Crippen molar-refractivity contribution in [3.63, 3.8) is 0 Å². The normalized spacial score (nSPS) is 16.3. The number of aromatic nitrogens is 1. The van der Waals surface area contributed by atoms with Gasteiger partial charge in [0.15, 0.2) is 0 Å². The fraction of sp³-hybridized carbons (Fsp3) is 0.500. The van der Waals surface area contributed by atoms with E-state index in [0.717, 1.165) is 17.5 Å². The third kappa shape index (κ3) is 2.62. The first-order valence-electron chi connectivity index (χ1n) is 5.67. The predicted molar refractivity (Wildman–Crippen MR) is 61.6 cm³/mol. The van der Waals surface area contributed by atoms with Gasteiger partial charge in [-0.25, -0.2) is 0 Å². The van der Waals surface area contributed by atoms with Crippen molar-refractivity contribution >= 4 is 5.97 Å². The zero-order chi connectivity index (χ0) is 12.3. The van der Waals surface area contributed by atoms with Crippen molar-refractivity contribution in [3.8, 4) is 0 Å². The van der Waals surface area contributed by atoms with Gasteiger partial charge in [0.05, 0.1) is 19.6 Å². The molecule has 1 unspecified atom stereocenters. The highest BCUT2D eigenvalue weighted by Crippen LogP contribution is 2.27. The Morgan fingerprint density at radius 1 is 1.59 bits per heavy atom. The summed E-state index contributed by atoms with van der Waals surface area (Å²) in [6.07, 6.45) is 4.38. The third-order valence-corrected chi connectivity index (χ3v) is 3.08. The number of hydrogen-bond donors (Lipinski definition) is 2. The van der Waals surface area contributed by atoms with Crippen LogP contribution in [0.3, 0.4) is 0 Å². The summed E-state index contributed by atoms with van der Waals surface area (Å²) in [5, 5.41) is 8.88. The first-order valence-corrected chi connectivity index (χ1v) is 5.67.